The van der Waals surface area contributed by atoms with Gasteiger partial charge in [0.2, 0.25) is 11.8 Å². The Morgan fingerprint density at radius 2 is 1.75 bits per heavy atom. The van der Waals surface area contributed by atoms with Gasteiger partial charge in [0.25, 0.3) is 0 Å². The summed E-state index contributed by atoms with van der Waals surface area (Å²) in [4.78, 5) is 25.3. The smallest absolute Gasteiger partial charge is 0.234 e. The van der Waals surface area contributed by atoms with Crippen LogP contribution in [0, 0.1) is 5.92 Å². The van der Waals surface area contributed by atoms with Gasteiger partial charge in [-0.25, -0.2) is 0 Å². The molecule has 0 atom stereocenters. The van der Waals surface area contributed by atoms with Crippen LogP contribution < -0.4 is 10.2 Å². The molecule has 2 rings (SSSR count). The number of benzene rings is 1. The summed E-state index contributed by atoms with van der Waals surface area (Å²) < 4.78 is 0. The van der Waals surface area contributed by atoms with Crippen LogP contribution in [0.4, 0.5) is 5.69 Å². The number of hydrogen-bond acceptors (Lipinski definition) is 3. The van der Waals surface area contributed by atoms with Crippen LogP contribution in [-0.2, 0) is 16.1 Å². The summed E-state index contributed by atoms with van der Waals surface area (Å²) in [7, 11) is 0. The second kappa shape index (κ2) is 6.66. The van der Waals surface area contributed by atoms with Crippen molar-refractivity contribution in [2.45, 2.75) is 39.7 Å². The first-order valence-electron chi connectivity index (χ1n) is 7.27. The quantitative estimate of drug-likeness (QED) is 0.663. The number of carbonyl (C=O) groups is 2. The highest BCUT2D eigenvalue weighted by Gasteiger charge is 2.31. The molecule has 108 valence electrons. The van der Waals surface area contributed by atoms with E-state index in [-0.39, 0.29) is 17.7 Å². The maximum Gasteiger partial charge on any atom is 0.234 e. The summed E-state index contributed by atoms with van der Waals surface area (Å²) in [6, 6.07) is 7.65. The lowest BCUT2D eigenvalue weighted by atomic mass is 9.97. The molecule has 2 amide bonds. The highest BCUT2D eigenvalue weighted by Crippen LogP contribution is 2.25. The number of hydrogen-bond donors (Lipinski definition) is 1. The van der Waals surface area contributed by atoms with Crippen LogP contribution in [0.2, 0.25) is 0 Å². The summed E-state index contributed by atoms with van der Waals surface area (Å²) in [6.45, 7) is 5.87. The highest BCUT2D eigenvalue weighted by molar-refractivity contribution is 6.16. The van der Waals surface area contributed by atoms with Crippen molar-refractivity contribution in [2.24, 2.45) is 5.92 Å². The summed E-state index contributed by atoms with van der Waals surface area (Å²) in [6.07, 6.45) is 2.00. The van der Waals surface area contributed by atoms with Crippen LogP contribution in [0.1, 0.15) is 38.7 Å². The Labute approximate surface area is 120 Å². The van der Waals surface area contributed by atoms with Gasteiger partial charge in [-0.15, -0.1) is 0 Å². The van der Waals surface area contributed by atoms with E-state index in [0.29, 0.717) is 18.5 Å². The molecular weight excluding hydrogens is 252 g/mol. The topological polar surface area (TPSA) is 49.4 Å². The third kappa shape index (κ3) is 3.45. The molecule has 4 nitrogen and oxygen atoms in total. The highest BCUT2D eigenvalue weighted by atomic mass is 16.2. The fraction of sp³-hybridized carbons (Fsp3) is 0.500. The normalized spacial score (nSPS) is 16.8. The van der Waals surface area contributed by atoms with Crippen molar-refractivity contribution in [3.05, 3.63) is 29.8 Å². The number of nitrogens with one attached hydrogen (secondary N) is 1. The van der Waals surface area contributed by atoms with Crippen molar-refractivity contribution in [1.82, 2.24) is 5.32 Å². The van der Waals surface area contributed by atoms with Gasteiger partial charge >= 0.3 is 0 Å². The minimum absolute atomic E-state index is 0.0920. The van der Waals surface area contributed by atoms with Crippen LogP contribution in [0.15, 0.2) is 24.3 Å². The summed E-state index contributed by atoms with van der Waals surface area (Å²) in [5, 5.41) is 3.33. The number of amides is 2. The van der Waals surface area contributed by atoms with Crippen molar-refractivity contribution in [3.8, 4) is 0 Å². The van der Waals surface area contributed by atoms with Gasteiger partial charge in [-0.1, -0.05) is 26.0 Å². The molecule has 0 saturated carbocycles. The van der Waals surface area contributed by atoms with Crippen molar-refractivity contribution in [2.75, 3.05) is 11.4 Å². The van der Waals surface area contributed by atoms with Crippen LogP contribution >= 0.6 is 0 Å². The Hall–Kier alpha value is -1.68. The molecule has 1 heterocycles. The van der Waals surface area contributed by atoms with E-state index in [4.69, 9.17) is 0 Å². The molecule has 20 heavy (non-hydrogen) atoms. The minimum atomic E-state index is -0.0920. The zero-order valence-corrected chi connectivity index (χ0v) is 12.2. The van der Waals surface area contributed by atoms with Crippen molar-refractivity contribution < 1.29 is 9.59 Å². The molecule has 0 aromatic heterocycles. The van der Waals surface area contributed by atoms with Crippen LogP contribution in [-0.4, -0.2) is 18.4 Å². The standard InChI is InChI=1S/C16H22N2O2/c1-3-8-17-11-13-4-6-14(7-5-13)18-15(19)9-12(2)10-16(18)20/h4-7,12,17H,3,8-11H2,1-2H3. The molecule has 1 saturated heterocycles. The number of anilines is 1. The summed E-state index contributed by atoms with van der Waals surface area (Å²) in [5.41, 5.74) is 1.85. The fourth-order valence-corrected chi connectivity index (χ4v) is 2.45. The summed E-state index contributed by atoms with van der Waals surface area (Å²) in [5.74, 6) is -0.0278. The maximum atomic E-state index is 12.0. The largest absolute Gasteiger partial charge is 0.313 e. The van der Waals surface area contributed by atoms with E-state index in [1.165, 1.54) is 4.90 Å². The van der Waals surface area contributed by atoms with Crippen LogP contribution in [0.5, 0.6) is 0 Å². The predicted molar refractivity (Wildman–Crippen MR) is 79.3 cm³/mol. The second-order valence-corrected chi connectivity index (χ2v) is 5.48. The van der Waals surface area contributed by atoms with Gasteiger partial charge in [0.15, 0.2) is 0 Å². The Kier molecular flexibility index (Phi) is 4.90. The first-order valence-corrected chi connectivity index (χ1v) is 7.27. The van der Waals surface area contributed by atoms with Gasteiger partial charge in [0.05, 0.1) is 5.69 Å². The number of piperidine rings is 1. The lowest BCUT2D eigenvalue weighted by molar-refractivity contribution is -0.130. The number of imide groups is 1. The third-order valence-corrected chi connectivity index (χ3v) is 3.50. The Balaban J connectivity index is 2.05. The molecule has 1 aliphatic heterocycles. The molecule has 1 aliphatic rings. The lowest BCUT2D eigenvalue weighted by Crippen LogP contribution is -2.42. The molecule has 0 spiro atoms. The lowest BCUT2D eigenvalue weighted by Gasteiger charge is -2.28. The second-order valence-electron chi connectivity index (χ2n) is 5.48. The SMILES string of the molecule is CCCNCc1ccc(N2C(=O)CC(C)CC2=O)cc1. The Morgan fingerprint density at radius 3 is 2.30 bits per heavy atom. The first-order chi connectivity index (χ1) is 9.61. The fourth-order valence-electron chi connectivity index (χ4n) is 2.45. The average Bonchev–Trinajstić information content (AvgIpc) is 2.39. The van der Waals surface area contributed by atoms with Gasteiger partial charge in [-0.3, -0.25) is 14.5 Å². The minimum Gasteiger partial charge on any atom is -0.313 e. The number of rotatable bonds is 5. The molecule has 1 N–H and O–H groups in total. The Bertz CT molecular complexity index is 464. The summed E-state index contributed by atoms with van der Waals surface area (Å²) >= 11 is 0. The molecule has 0 radical (unpaired) electrons. The van der Waals surface area contributed by atoms with Gasteiger partial charge < -0.3 is 5.32 Å². The monoisotopic (exact) mass is 274 g/mol. The van der Waals surface area contributed by atoms with Crippen molar-refractivity contribution in [3.63, 3.8) is 0 Å². The zero-order valence-electron chi connectivity index (χ0n) is 12.2. The van der Waals surface area contributed by atoms with E-state index in [1.807, 2.05) is 31.2 Å². The van der Waals surface area contributed by atoms with Crippen molar-refractivity contribution in [1.29, 1.82) is 0 Å². The van der Waals surface area contributed by atoms with Gasteiger partial charge in [-0.2, -0.15) is 0 Å². The maximum absolute atomic E-state index is 12.0. The number of nitrogens with zero attached hydrogens (tertiary/aromatic N) is 1. The van der Waals surface area contributed by atoms with E-state index in [0.717, 1.165) is 25.1 Å². The molecule has 1 aromatic carbocycles. The van der Waals surface area contributed by atoms with Gasteiger partial charge in [0, 0.05) is 19.4 Å². The molecular formula is C16H22N2O2. The first kappa shape index (κ1) is 14.7. The molecule has 4 heteroatoms. The molecule has 0 bridgehead atoms. The molecule has 1 fully saturated rings. The van der Waals surface area contributed by atoms with E-state index in [1.54, 1.807) is 0 Å². The van der Waals surface area contributed by atoms with E-state index < -0.39 is 0 Å². The van der Waals surface area contributed by atoms with Gasteiger partial charge in [-0.05, 0) is 36.6 Å². The zero-order chi connectivity index (χ0) is 14.5. The molecule has 0 unspecified atom stereocenters. The van der Waals surface area contributed by atoms with E-state index >= 15 is 0 Å². The van der Waals surface area contributed by atoms with Crippen LogP contribution in [0.3, 0.4) is 0 Å². The van der Waals surface area contributed by atoms with Crippen molar-refractivity contribution >= 4 is 17.5 Å². The van der Waals surface area contributed by atoms with Gasteiger partial charge in [0.1, 0.15) is 0 Å². The third-order valence-electron chi connectivity index (χ3n) is 3.50. The van der Waals surface area contributed by atoms with E-state index in [9.17, 15) is 9.59 Å². The molecule has 0 aliphatic carbocycles. The Morgan fingerprint density at radius 1 is 1.15 bits per heavy atom. The predicted octanol–water partition coefficient (Wildman–Crippen LogP) is 2.48. The average molecular weight is 274 g/mol. The number of carbonyl (C=O) groups excluding carboxylic acids is 2. The van der Waals surface area contributed by atoms with E-state index in [2.05, 4.69) is 12.2 Å². The molecule has 1 aromatic rings. The van der Waals surface area contributed by atoms with Crippen LogP contribution in [0.25, 0.3) is 0 Å².